The lowest BCUT2D eigenvalue weighted by atomic mass is 9.95. The lowest BCUT2D eigenvalue weighted by Gasteiger charge is -2.20. The first-order valence-electron chi connectivity index (χ1n) is 10.7. The maximum Gasteiger partial charge on any atom is 0.471 e. The predicted molar refractivity (Wildman–Crippen MR) is 123 cm³/mol. The lowest BCUT2D eigenvalue weighted by Crippen LogP contribution is -2.43. The van der Waals surface area contributed by atoms with E-state index in [9.17, 15) is 27.6 Å². The molecule has 2 aromatic rings. The van der Waals surface area contributed by atoms with E-state index in [2.05, 4.69) is 5.32 Å². The van der Waals surface area contributed by atoms with Crippen LogP contribution in [0.3, 0.4) is 0 Å². The van der Waals surface area contributed by atoms with Crippen molar-refractivity contribution in [3.8, 4) is 34.1 Å². The molecule has 194 valence electrons. The Labute approximate surface area is 204 Å². The molecule has 2 amide bonds. The molecule has 3 rings (SSSR count). The molecule has 0 unspecified atom stereocenters. The van der Waals surface area contributed by atoms with Crippen molar-refractivity contribution in [2.75, 3.05) is 35.0 Å². The van der Waals surface area contributed by atoms with Crippen LogP contribution in [0.15, 0.2) is 29.1 Å². The SMILES string of the molecule is COc1cc2c(c(OC)c1OC)-c1ccc(OC)c(=O)cc1[C@@H](NC(=O)CNC(=O)C(F)(F)F)CC2. The number of halogens is 3. The summed E-state index contributed by atoms with van der Waals surface area (Å²) in [5, 5.41) is 4.17. The van der Waals surface area contributed by atoms with Crippen molar-refractivity contribution < 1.29 is 41.7 Å². The molecule has 2 N–H and O–H groups in total. The Kier molecular flexibility index (Phi) is 7.96. The summed E-state index contributed by atoms with van der Waals surface area (Å²) in [5.41, 5.74) is 1.81. The van der Waals surface area contributed by atoms with Crippen LogP contribution in [-0.2, 0) is 16.0 Å². The van der Waals surface area contributed by atoms with Gasteiger partial charge in [-0.25, -0.2) is 0 Å². The van der Waals surface area contributed by atoms with E-state index < -0.39 is 36.0 Å². The summed E-state index contributed by atoms with van der Waals surface area (Å²) in [6, 6.07) is 5.40. The number of alkyl halides is 3. The van der Waals surface area contributed by atoms with E-state index in [-0.39, 0.29) is 12.2 Å². The molecule has 0 saturated heterocycles. The fourth-order valence-corrected chi connectivity index (χ4v) is 4.12. The molecule has 12 heteroatoms. The zero-order valence-corrected chi connectivity index (χ0v) is 20.0. The molecule has 0 bridgehead atoms. The standard InChI is InChI=1S/C24H25F3N2O7/c1-33-17-8-6-13-14(10-16(17)30)15(29-19(31)11-28-23(32)24(25,26)27)7-5-12-9-18(34-2)21(35-3)22(36-4)20(12)13/h6,8-10,15H,5,7,11H2,1-4H3,(H,28,32)(H,29,31)/t15-/m0/s1. The second kappa shape index (κ2) is 10.8. The highest BCUT2D eigenvalue weighted by Crippen LogP contribution is 2.50. The minimum atomic E-state index is -5.12. The smallest absolute Gasteiger partial charge is 0.471 e. The van der Waals surface area contributed by atoms with Crippen LogP contribution in [-0.4, -0.2) is 53.0 Å². The Morgan fingerprint density at radius 1 is 0.972 bits per heavy atom. The molecule has 0 saturated carbocycles. The van der Waals surface area contributed by atoms with Gasteiger partial charge in [0, 0.05) is 5.56 Å². The van der Waals surface area contributed by atoms with Crippen molar-refractivity contribution in [3.63, 3.8) is 0 Å². The summed E-state index contributed by atoms with van der Waals surface area (Å²) >= 11 is 0. The van der Waals surface area contributed by atoms with Crippen LogP contribution in [0.1, 0.15) is 23.6 Å². The topological polar surface area (TPSA) is 112 Å². The van der Waals surface area contributed by atoms with Crippen molar-refractivity contribution in [1.82, 2.24) is 10.6 Å². The van der Waals surface area contributed by atoms with Gasteiger partial charge in [0.2, 0.25) is 17.1 Å². The number of carbonyl (C=O) groups is 2. The zero-order chi connectivity index (χ0) is 26.6. The Hall–Kier alpha value is -3.96. The van der Waals surface area contributed by atoms with Crippen LogP contribution >= 0.6 is 0 Å². The van der Waals surface area contributed by atoms with Gasteiger partial charge in [-0.05, 0) is 47.7 Å². The molecule has 1 aliphatic rings. The average Bonchev–Trinajstić information content (AvgIpc) is 3.09. The first-order valence-corrected chi connectivity index (χ1v) is 10.7. The molecule has 0 radical (unpaired) electrons. The second-order valence-corrected chi connectivity index (χ2v) is 7.80. The summed E-state index contributed by atoms with van der Waals surface area (Å²) < 4.78 is 59.3. The third-order valence-corrected chi connectivity index (χ3v) is 5.72. The molecule has 0 fully saturated rings. The Balaban J connectivity index is 2.13. The van der Waals surface area contributed by atoms with Crippen LogP contribution in [0, 0.1) is 0 Å². The van der Waals surface area contributed by atoms with Gasteiger partial charge in [-0.2, -0.15) is 13.2 Å². The van der Waals surface area contributed by atoms with Crippen LogP contribution in [0.4, 0.5) is 13.2 Å². The summed E-state index contributed by atoms with van der Waals surface area (Å²) in [7, 11) is 5.72. The van der Waals surface area contributed by atoms with Gasteiger partial charge in [-0.3, -0.25) is 14.4 Å². The quantitative estimate of drug-likeness (QED) is 0.589. The summed E-state index contributed by atoms with van der Waals surface area (Å²) in [6.45, 7) is -0.894. The first kappa shape index (κ1) is 26.6. The maximum atomic E-state index is 12.8. The fourth-order valence-electron chi connectivity index (χ4n) is 4.12. The van der Waals surface area contributed by atoms with Gasteiger partial charge >= 0.3 is 12.1 Å². The number of methoxy groups -OCH3 is 4. The molecule has 9 nitrogen and oxygen atoms in total. The number of fused-ring (bicyclic) bond motifs is 3. The Bertz CT molecular complexity index is 1230. The highest BCUT2D eigenvalue weighted by atomic mass is 19.4. The number of hydrogen-bond acceptors (Lipinski definition) is 7. The van der Waals surface area contributed by atoms with Gasteiger partial charge in [0.25, 0.3) is 0 Å². The van der Waals surface area contributed by atoms with E-state index in [1.807, 2.05) is 0 Å². The van der Waals surface area contributed by atoms with E-state index in [1.165, 1.54) is 40.6 Å². The second-order valence-electron chi connectivity index (χ2n) is 7.80. The molecule has 0 spiro atoms. The number of rotatable bonds is 7. The third-order valence-electron chi connectivity index (χ3n) is 5.72. The van der Waals surface area contributed by atoms with Gasteiger partial charge < -0.3 is 29.6 Å². The van der Waals surface area contributed by atoms with Crippen LogP contribution in [0.25, 0.3) is 11.1 Å². The number of carbonyl (C=O) groups excluding carboxylic acids is 2. The molecule has 0 aliphatic heterocycles. The number of amides is 2. The molecule has 1 atom stereocenters. The van der Waals surface area contributed by atoms with Crippen molar-refractivity contribution in [3.05, 3.63) is 45.6 Å². The van der Waals surface area contributed by atoms with Crippen molar-refractivity contribution >= 4 is 11.8 Å². The van der Waals surface area contributed by atoms with Crippen LogP contribution in [0.5, 0.6) is 23.0 Å². The molecule has 0 heterocycles. The van der Waals surface area contributed by atoms with Gasteiger partial charge in [-0.15, -0.1) is 0 Å². The summed E-state index contributed by atoms with van der Waals surface area (Å²) in [5.74, 6) is -1.96. The minimum Gasteiger partial charge on any atom is -0.493 e. The number of aryl methyl sites for hydroxylation is 1. The predicted octanol–water partition coefficient (Wildman–Crippen LogP) is 2.53. The first-order chi connectivity index (χ1) is 17.0. The van der Waals surface area contributed by atoms with E-state index in [1.54, 1.807) is 17.4 Å². The van der Waals surface area contributed by atoms with Gasteiger partial charge in [0.15, 0.2) is 17.2 Å². The van der Waals surface area contributed by atoms with Crippen LogP contribution in [0.2, 0.25) is 0 Å². The molecular weight excluding hydrogens is 485 g/mol. The van der Waals surface area contributed by atoms with E-state index >= 15 is 0 Å². The molecule has 0 aromatic heterocycles. The fraction of sp³-hybridized carbons (Fsp3) is 0.375. The third kappa shape index (κ3) is 5.31. The van der Waals surface area contributed by atoms with Gasteiger partial charge in [0.1, 0.15) is 0 Å². The molecule has 2 aromatic carbocycles. The lowest BCUT2D eigenvalue weighted by molar-refractivity contribution is -0.173. The maximum absolute atomic E-state index is 12.8. The summed E-state index contributed by atoms with van der Waals surface area (Å²) in [6.07, 6.45) is -4.45. The van der Waals surface area contributed by atoms with Gasteiger partial charge in [-0.1, -0.05) is 6.07 Å². The number of ether oxygens (including phenoxy) is 4. The normalized spacial score (nSPS) is 14.5. The van der Waals surface area contributed by atoms with Crippen molar-refractivity contribution in [2.45, 2.75) is 25.1 Å². The van der Waals surface area contributed by atoms with Crippen molar-refractivity contribution in [1.29, 1.82) is 0 Å². The van der Waals surface area contributed by atoms with Crippen LogP contribution < -0.4 is 35.0 Å². The van der Waals surface area contributed by atoms with E-state index in [0.29, 0.717) is 40.4 Å². The number of benzene rings is 1. The summed E-state index contributed by atoms with van der Waals surface area (Å²) in [4.78, 5) is 36.4. The number of nitrogens with one attached hydrogen (secondary N) is 2. The molecular formula is C24H25F3N2O7. The monoisotopic (exact) mass is 510 g/mol. The Morgan fingerprint density at radius 2 is 1.64 bits per heavy atom. The van der Waals surface area contributed by atoms with Gasteiger partial charge in [0.05, 0.1) is 41.0 Å². The average molecular weight is 510 g/mol. The highest BCUT2D eigenvalue weighted by Gasteiger charge is 2.38. The number of hydrogen-bond donors (Lipinski definition) is 2. The molecule has 36 heavy (non-hydrogen) atoms. The van der Waals surface area contributed by atoms with E-state index in [0.717, 1.165) is 5.56 Å². The Morgan fingerprint density at radius 3 is 2.22 bits per heavy atom. The zero-order valence-electron chi connectivity index (χ0n) is 20.0. The minimum absolute atomic E-state index is 0.0478. The van der Waals surface area contributed by atoms with E-state index in [4.69, 9.17) is 18.9 Å². The highest BCUT2D eigenvalue weighted by molar-refractivity contribution is 5.88. The molecule has 1 aliphatic carbocycles. The largest absolute Gasteiger partial charge is 0.493 e. The van der Waals surface area contributed by atoms with Crippen molar-refractivity contribution in [2.24, 2.45) is 0 Å².